The van der Waals surface area contributed by atoms with E-state index in [1.807, 2.05) is 33.8 Å². The van der Waals surface area contributed by atoms with Crippen molar-refractivity contribution in [3.05, 3.63) is 95.3 Å². The molecule has 0 radical (unpaired) electrons. The van der Waals surface area contributed by atoms with E-state index in [-0.39, 0.29) is 17.0 Å². The number of nitrogens with zero attached hydrogens (tertiary/aromatic N) is 2. The van der Waals surface area contributed by atoms with Gasteiger partial charge in [-0.05, 0) is 76.9 Å². The highest BCUT2D eigenvalue weighted by Gasteiger charge is 2.34. The summed E-state index contributed by atoms with van der Waals surface area (Å²) in [6, 6.07) is 18.1. The third kappa shape index (κ3) is 7.23. The molecular formula is C30H36FN3O4S. The van der Waals surface area contributed by atoms with Gasteiger partial charge in [-0.2, -0.15) is 0 Å². The average Bonchev–Trinajstić information content (AvgIpc) is 2.87. The lowest BCUT2D eigenvalue weighted by Gasteiger charge is -2.34. The fraction of sp³-hybridized carbons (Fsp3) is 0.333. The summed E-state index contributed by atoms with van der Waals surface area (Å²) in [7, 11) is -4.17. The minimum Gasteiger partial charge on any atom is -0.350 e. The Bertz CT molecular complexity index is 1440. The van der Waals surface area contributed by atoms with Crippen molar-refractivity contribution in [3.8, 4) is 0 Å². The van der Waals surface area contributed by atoms with Crippen molar-refractivity contribution in [3.63, 3.8) is 0 Å². The monoisotopic (exact) mass is 553 g/mol. The Balaban J connectivity index is 2.08. The Labute approximate surface area is 230 Å². The number of rotatable bonds is 9. The average molecular weight is 554 g/mol. The molecule has 0 aliphatic heterocycles. The highest BCUT2D eigenvalue weighted by atomic mass is 32.2. The number of anilines is 1. The third-order valence-electron chi connectivity index (χ3n) is 6.42. The lowest BCUT2D eigenvalue weighted by molar-refractivity contribution is -0.140. The molecule has 1 atom stereocenters. The molecular weight excluding hydrogens is 517 g/mol. The zero-order valence-electron chi connectivity index (χ0n) is 23.2. The summed E-state index contributed by atoms with van der Waals surface area (Å²) in [5, 5.41) is 2.85. The van der Waals surface area contributed by atoms with Crippen molar-refractivity contribution in [2.24, 2.45) is 0 Å². The van der Waals surface area contributed by atoms with Crippen LogP contribution in [0.3, 0.4) is 0 Å². The van der Waals surface area contributed by atoms with Crippen LogP contribution in [0.1, 0.15) is 44.4 Å². The van der Waals surface area contributed by atoms with Gasteiger partial charge in [-0.3, -0.25) is 13.9 Å². The molecule has 0 aliphatic rings. The van der Waals surface area contributed by atoms with Crippen LogP contribution in [0.25, 0.3) is 0 Å². The van der Waals surface area contributed by atoms with Gasteiger partial charge in [-0.25, -0.2) is 12.8 Å². The number of carbonyl (C=O) groups excluding carboxylic acids is 2. The fourth-order valence-electron chi connectivity index (χ4n) is 4.11. The fourth-order valence-corrected chi connectivity index (χ4v) is 5.60. The van der Waals surface area contributed by atoms with Crippen LogP contribution in [0.15, 0.2) is 77.7 Å². The molecule has 7 nitrogen and oxygen atoms in total. The van der Waals surface area contributed by atoms with Crippen molar-refractivity contribution in [1.82, 2.24) is 10.2 Å². The number of sulfonamides is 1. The first kappa shape index (κ1) is 29.8. The number of benzene rings is 3. The van der Waals surface area contributed by atoms with Gasteiger partial charge in [0.05, 0.1) is 10.6 Å². The number of hydrogen-bond acceptors (Lipinski definition) is 4. The summed E-state index contributed by atoms with van der Waals surface area (Å²) in [5.41, 5.74) is 1.55. The molecule has 1 unspecified atom stereocenters. The molecule has 0 aromatic heterocycles. The molecule has 9 heteroatoms. The van der Waals surface area contributed by atoms with Crippen molar-refractivity contribution in [2.45, 2.75) is 64.6 Å². The normalized spacial score (nSPS) is 12.5. The van der Waals surface area contributed by atoms with Crippen LogP contribution < -0.4 is 9.62 Å². The zero-order chi connectivity index (χ0) is 29.0. The summed E-state index contributed by atoms with van der Waals surface area (Å²) in [4.78, 5) is 28.3. The number of carbonyl (C=O) groups is 2. The SMILES string of the molecule is Cc1cccc(N(CC(=O)N(Cc2ccccc2F)C(C)C(=O)NC(C)(C)C)S(=O)(=O)c2ccccc2)c1C. The van der Waals surface area contributed by atoms with E-state index in [9.17, 15) is 22.4 Å². The summed E-state index contributed by atoms with van der Waals surface area (Å²) in [6.45, 7) is 9.85. The molecule has 2 amide bonds. The standard InChI is InChI=1S/C30H36FN3O4S/c1-21-13-12-18-27(22(21)2)34(39(37,38)25-15-8-7-9-16-25)20-28(35)33(19-24-14-10-11-17-26(24)31)23(3)29(36)32-30(4,5)6/h7-18,23H,19-20H2,1-6H3,(H,32,36). The van der Waals surface area contributed by atoms with Gasteiger partial charge in [0, 0.05) is 17.6 Å². The molecule has 3 aromatic rings. The quantitative estimate of drug-likeness (QED) is 0.405. The Morgan fingerprint density at radius 1 is 0.923 bits per heavy atom. The van der Waals surface area contributed by atoms with Crippen molar-refractivity contribution in [2.75, 3.05) is 10.8 Å². The van der Waals surface area contributed by atoms with Gasteiger partial charge in [0.1, 0.15) is 18.4 Å². The summed E-state index contributed by atoms with van der Waals surface area (Å²) >= 11 is 0. The Hall–Kier alpha value is -3.72. The van der Waals surface area contributed by atoms with Gasteiger partial charge in [-0.1, -0.05) is 48.5 Å². The van der Waals surface area contributed by atoms with Crippen LogP contribution in [0.4, 0.5) is 10.1 Å². The van der Waals surface area contributed by atoms with E-state index in [0.29, 0.717) is 11.3 Å². The molecule has 1 N–H and O–H groups in total. The number of halogens is 1. The molecule has 208 valence electrons. The van der Waals surface area contributed by atoms with Gasteiger partial charge in [-0.15, -0.1) is 0 Å². The van der Waals surface area contributed by atoms with E-state index in [1.54, 1.807) is 50.2 Å². The summed E-state index contributed by atoms with van der Waals surface area (Å²) < 4.78 is 43.5. The van der Waals surface area contributed by atoms with Crippen molar-refractivity contribution >= 4 is 27.5 Å². The highest BCUT2D eigenvalue weighted by Crippen LogP contribution is 2.29. The number of aryl methyl sites for hydroxylation is 1. The van der Waals surface area contributed by atoms with E-state index in [0.717, 1.165) is 9.87 Å². The first-order chi connectivity index (χ1) is 18.2. The molecule has 3 rings (SSSR count). The van der Waals surface area contributed by atoms with E-state index < -0.39 is 45.8 Å². The predicted molar refractivity (Wildman–Crippen MR) is 151 cm³/mol. The van der Waals surface area contributed by atoms with Gasteiger partial charge in [0.25, 0.3) is 10.0 Å². The second-order valence-electron chi connectivity index (χ2n) is 10.6. The van der Waals surface area contributed by atoms with Crippen molar-refractivity contribution < 1.29 is 22.4 Å². The minimum atomic E-state index is -4.17. The van der Waals surface area contributed by atoms with E-state index in [4.69, 9.17) is 0 Å². The second-order valence-corrected chi connectivity index (χ2v) is 12.4. The minimum absolute atomic E-state index is 0.0258. The molecule has 0 heterocycles. The van der Waals surface area contributed by atoms with E-state index in [2.05, 4.69) is 5.32 Å². The third-order valence-corrected chi connectivity index (χ3v) is 8.19. The van der Waals surface area contributed by atoms with Crippen LogP contribution >= 0.6 is 0 Å². The van der Waals surface area contributed by atoms with E-state index >= 15 is 0 Å². The van der Waals surface area contributed by atoms with Crippen LogP contribution in [-0.2, 0) is 26.2 Å². The number of amides is 2. The van der Waals surface area contributed by atoms with Crippen molar-refractivity contribution in [1.29, 1.82) is 0 Å². The molecule has 0 bridgehead atoms. The summed E-state index contributed by atoms with van der Waals surface area (Å²) in [5.74, 6) is -1.60. The lowest BCUT2D eigenvalue weighted by Crippen LogP contribution is -2.54. The highest BCUT2D eigenvalue weighted by molar-refractivity contribution is 7.92. The Kier molecular flexibility index (Phi) is 9.17. The van der Waals surface area contributed by atoms with E-state index in [1.165, 1.54) is 35.2 Å². The summed E-state index contributed by atoms with van der Waals surface area (Å²) in [6.07, 6.45) is 0. The van der Waals surface area contributed by atoms with Crippen LogP contribution in [0.2, 0.25) is 0 Å². The maximum absolute atomic E-state index is 14.6. The number of nitrogens with one attached hydrogen (secondary N) is 1. The zero-order valence-corrected chi connectivity index (χ0v) is 24.0. The Morgan fingerprint density at radius 3 is 2.15 bits per heavy atom. The van der Waals surface area contributed by atoms with Gasteiger partial charge >= 0.3 is 0 Å². The van der Waals surface area contributed by atoms with Crippen LogP contribution in [0.5, 0.6) is 0 Å². The molecule has 0 saturated carbocycles. The molecule has 0 aliphatic carbocycles. The molecule has 0 saturated heterocycles. The van der Waals surface area contributed by atoms with Crippen LogP contribution in [-0.4, -0.2) is 43.3 Å². The lowest BCUT2D eigenvalue weighted by atomic mass is 10.1. The second kappa shape index (κ2) is 12.0. The molecule has 39 heavy (non-hydrogen) atoms. The maximum atomic E-state index is 14.6. The topological polar surface area (TPSA) is 86.8 Å². The Morgan fingerprint density at radius 2 is 1.54 bits per heavy atom. The number of hydrogen-bond donors (Lipinski definition) is 1. The first-order valence-electron chi connectivity index (χ1n) is 12.7. The molecule has 0 spiro atoms. The first-order valence-corrected chi connectivity index (χ1v) is 14.2. The van der Waals surface area contributed by atoms with Gasteiger partial charge in [0.2, 0.25) is 11.8 Å². The van der Waals surface area contributed by atoms with Crippen LogP contribution in [0, 0.1) is 19.7 Å². The van der Waals surface area contributed by atoms with Gasteiger partial charge in [0.15, 0.2) is 0 Å². The van der Waals surface area contributed by atoms with Gasteiger partial charge < -0.3 is 10.2 Å². The molecule has 3 aromatic carbocycles. The smallest absolute Gasteiger partial charge is 0.264 e. The molecule has 0 fully saturated rings. The largest absolute Gasteiger partial charge is 0.350 e. The predicted octanol–water partition coefficient (Wildman–Crippen LogP) is 4.97. The maximum Gasteiger partial charge on any atom is 0.264 e.